The van der Waals surface area contributed by atoms with Crippen LogP contribution in [0.4, 0.5) is 4.79 Å². The fourth-order valence-corrected chi connectivity index (χ4v) is 2.49. The van der Waals surface area contributed by atoms with E-state index < -0.39 is 12.1 Å². The number of hydrogen-bond donors (Lipinski definition) is 1. The molecule has 5 heteroatoms. The van der Waals surface area contributed by atoms with Gasteiger partial charge in [-0.05, 0) is 43.7 Å². The smallest absolute Gasteiger partial charge is 0.478 e. The molecule has 1 aromatic carbocycles. The summed E-state index contributed by atoms with van der Waals surface area (Å²) in [5.41, 5.74) is 1.63. The van der Waals surface area contributed by atoms with Crippen LogP contribution in [-0.2, 0) is 17.6 Å². The van der Waals surface area contributed by atoms with Crippen molar-refractivity contribution in [2.45, 2.75) is 59.8 Å². The highest BCUT2D eigenvalue weighted by Gasteiger charge is 2.22. The Hall–Kier alpha value is -2.04. The van der Waals surface area contributed by atoms with Crippen LogP contribution in [-0.4, -0.2) is 23.8 Å². The number of carbonyl (C=O) groups excluding carboxylic acids is 1. The molecule has 0 spiro atoms. The summed E-state index contributed by atoms with van der Waals surface area (Å²) in [4.78, 5) is 23.4. The maximum Gasteiger partial charge on any atom is 0.513 e. The Balaban J connectivity index is 3.37. The van der Waals surface area contributed by atoms with Gasteiger partial charge in [0.2, 0.25) is 0 Å². The van der Waals surface area contributed by atoms with Crippen LogP contribution in [0, 0.1) is 5.92 Å². The van der Waals surface area contributed by atoms with E-state index in [2.05, 4.69) is 20.8 Å². The van der Waals surface area contributed by atoms with Crippen molar-refractivity contribution < 1.29 is 24.2 Å². The molecule has 1 unspecified atom stereocenters. The first-order valence-electron chi connectivity index (χ1n) is 8.67. The summed E-state index contributed by atoms with van der Waals surface area (Å²) in [5, 5.41) is 9.51. The maximum atomic E-state index is 11.8. The number of carboxylic acid groups (broad SMARTS) is 1. The Morgan fingerprint density at radius 1 is 1.21 bits per heavy atom. The van der Waals surface area contributed by atoms with Crippen molar-refractivity contribution in [3.8, 4) is 5.75 Å². The first-order chi connectivity index (χ1) is 11.4. The lowest BCUT2D eigenvalue weighted by atomic mass is 9.91. The number of ether oxygens (including phenoxy) is 2. The third-order valence-corrected chi connectivity index (χ3v) is 4.07. The van der Waals surface area contributed by atoms with Gasteiger partial charge in [0.05, 0.1) is 12.2 Å². The summed E-state index contributed by atoms with van der Waals surface area (Å²) in [5.74, 6) is -0.361. The molecule has 5 nitrogen and oxygen atoms in total. The standard InChI is InChI=1S/C19H28O5/c1-5-8-9-14-10-11-15(18(20)21)16(12-13(4)6-2)17(14)24-19(22)23-7-3/h10-11,13H,5-9,12H2,1-4H3,(H,20,21). The van der Waals surface area contributed by atoms with Crippen molar-refractivity contribution in [2.75, 3.05) is 6.61 Å². The summed E-state index contributed by atoms with van der Waals surface area (Å²) < 4.78 is 10.3. The Morgan fingerprint density at radius 3 is 2.46 bits per heavy atom. The van der Waals surface area contributed by atoms with Gasteiger partial charge in [-0.2, -0.15) is 0 Å². The van der Waals surface area contributed by atoms with Gasteiger partial charge in [-0.25, -0.2) is 9.59 Å². The fraction of sp³-hybridized carbons (Fsp3) is 0.579. The zero-order valence-electron chi connectivity index (χ0n) is 15.1. The molecule has 0 radical (unpaired) electrons. The van der Waals surface area contributed by atoms with Gasteiger partial charge in [0.25, 0.3) is 0 Å². The number of unbranched alkanes of at least 4 members (excludes halogenated alkanes) is 1. The SMILES string of the molecule is CCCCc1ccc(C(=O)O)c(CC(C)CC)c1OC(=O)OCC. The van der Waals surface area contributed by atoms with Crippen LogP contribution in [0.2, 0.25) is 0 Å². The van der Waals surface area contributed by atoms with E-state index in [9.17, 15) is 14.7 Å². The Labute approximate surface area is 144 Å². The molecule has 0 aliphatic carbocycles. The summed E-state index contributed by atoms with van der Waals surface area (Å²) in [7, 11) is 0. The molecule has 0 saturated carbocycles. The van der Waals surface area contributed by atoms with E-state index in [0.29, 0.717) is 17.7 Å². The van der Waals surface area contributed by atoms with Gasteiger partial charge in [0, 0.05) is 5.56 Å². The van der Waals surface area contributed by atoms with Crippen molar-refractivity contribution in [3.05, 3.63) is 28.8 Å². The van der Waals surface area contributed by atoms with Gasteiger partial charge in [-0.1, -0.05) is 39.7 Å². The van der Waals surface area contributed by atoms with Gasteiger partial charge in [0.15, 0.2) is 0 Å². The highest BCUT2D eigenvalue weighted by atomic mass is 16.7. The molecule has 1 N–H and O–H groups in total. The van der Waals surface area contributed by atoms with E-state index in [1.807, 2.05) is 0 Å². The van der Waals surface area contributed by atoms with Crippen molar-refractivity contribution in [1.82, 2.24) is 0 Å². The molecule has 0 heterocycles. The lowest BCUT2D eigenvalue weighted by Gasteiger charge is -2.19. The van der Waals surface area contributed by atoms with Crippen LogP contribution >= 0.6 is 0 Å². The molecule has 0 saturated heterocycles. The van der Waals surface area contributed by atoms with Crippen molar-refractivity contribution in [1.29, 1.82) is 0 Å². The van der Waals surface area contributed by atoms with E-state index in [-0.39, 0.29) is 18.1 Å². The molecule has 1 atom stereocenters. The number of rotatable bonds is 9. The topological polar surface area (TPSA) is 72.8 Å². The van der Waals surface area contributed by atoms with Gasteiger partial charge in [-0.3, -0.25) is 0 Å². The Bertz CT molecular complexity index is 565. The van der Waals surface area contributed by atoms with Crippen LogP contribution in [0.5, 0.6) is 5.75 Å². The predicted octanol–water partition coefficient (Wildman–Crippen LogP) is 4.85. The van der Waals surface area contributed by atoms with Gasteiger partial charge in [0.1, 0.15) is 5.75 Å². The monoisotopic (exact) mass is 336 g/mol. The number of hydrogen-bond acceptors (Lipinski definition) is 4. The van der Waals surface area contributed by atoms with E-state index in [4.69, 9.17) is 9.47 Å². The Morgan fingerprint density at radius 2 is 1.92 bits per heavy atom. The van der Waals surface area contributed by atoms with Crippen LogP contribution in [0.3, 0.4) is 0 Å². The van der Waals surface area contributed by atoms with Gasteiger partial charge < -0.3 is 14.6 Å². The molecule has 0 aliphatic heterocycles. The normalized spacial score (nSPS) is 11.8. The lowest BCUT2D eigenvalue weighted by Crippen LogP contribution is -2.16. The zero-order valence-corrected chi connectivity index (χ0v) is 15.1. The number of aryl methyl sites for hydroxylation is 1. The van der Waals surface area contributed by atoms with Crippen molar-refractivity contribution in [3.63, 3.8) is 0 Å². The summed E-state index contributed by atoms with van der Waals surface area (Å²) in [6.45, 7) is 8.10. The lowest BCUT2D eigenvalue weighted by molar-refractivity contribution is 0.0693. The number of benzene rings is 1. The molecule has 0 fully saturated rings. The number of carbonyl (C=O) groups is 2. The van der Waals surface area contributed by atoms with Gasteiger partial charge in [-0.15, -0.1) is 0 Å². The molecule has 0 amide bonds. The van der Waals surface area contributed by atoms with E-state index in [0.717, 1.165) is 31.2 Å². The minimum Gasteiger partial charge on any atom is -0.478 e. The molecule has 0 bridgehead atoms. The molecule has 24 heavy (non-hydrogen) atoms. The molecule has 0 aromatic heterocycles. The first kappa shape index (κ1) is 20.0. The first-order valence-corrected chi connectivity index (χ1v) is 8.67. The molecule has 1 rings (SSSR count). The molecule has 134 valence electrons. The largest absolute Gasteiger partial charge is 0.513 e. The zero-order chi connectivity index (χ0) is 18.1. The van der Waals surface area contributed by atoms with Crippen LogP contribution < -0.4 is 4.74 Å². The molecular weight excluding hydrogens is 308 g/mol. The van der Waals surface area contributed by atoms with Crippen molar-refractivity contribution >= 4 is 12.1 Å². The summed E-state index contributed by atoms with van der Waals surface area (Å²) >= 11 is 0. The minimum atomic E-state index is -1.01. The van der Waals surface area contributed by atoms with Crippen LogP contribution in [0.1, 0.15) is 68.4 Å². The highest BCUT2D eigenvalue weighted by molar-refractivity contribution is 5.91. The van der Waals surface area contributed by atoms with Crippen molar-refractivity contribution in [2.24, 2.45) is 5.92 Å². The maximum absolute atomic E-state index is 11.8. The van der Waals surface area contributed by atoms with E-state index in [1.165, 1.54) is 0 Å². The number of aromatic carboxylic acids is 1. The average Bonchev–Trinajstić information content (AvgIpc) is 2.54. The fourth-order valence-electron chi connectivity index (χ4n) is 2.49. The second-order valence-electron chi connectivity index (χ2n) is 5.99. The highest BCUT2D eigenvalue weighted by Crippen LogP contribution is 2.32. The van der Waals surface area contributed by atoms with Gasteiger partial charge >= 0.3 is 12.1 Å². The van der Waals surface area contributed by atoms with Crippen LogP contribution in [0.25, 0.3) is 0 Å². The molecular formula is C19H28O5. The average molecular weight is 336 g/mol. The third-order valence-electron chi connectivity index (χ3n) is 4.07. The summed E-state index contributed by atoms with van der Waals surface area (Å²) in [6, 6.07) is 3.36. The second-order valence-corrected chi connectivity index (χ2v) is 5.99. The molecule has 0 aliphatic rings. The number of carboxylic acids is 1. The predicted molar refractivity (Wildman–Crippen MR) is 92.8 cm³/mol. The summed E-state index contributed by atoms with van der Waals surface area (Å²) in [6.07, 6.45) is 3.35. The molecule has 1 aromatic rings. The van der Waals surface area contributed by atoms with Crippen LogP contribution in [0.15, 0.2) is 12.1 Å². The minimum absolute atomic E-state index is 0.190. The quantitative estimate of drug-likeness (QED) is 0.515. The third kappa shape index (κ3) is 5.55. The van der Waals surface area contributed by atoms with E-state index >= 15 is 0 Å². The second kappa shape index (κ2) is 9.96. The Kier molecular flexibility index (Phi) is 8.30. The van der Waals surface area contributed by atoms with E-state index in [1.54, 1.807) is 19.1 Å².